The van der Waals surface area contributed by atoms with Crippen molar-refractivity contribution in [1.29, 1.82) is 0 Å². The fourth-order valence-corrected chi connectivity index (χ4v) is 10.1. The molecule has 0 atom stereocenters. The van der Waals surface area contributed by atoms with Gasteiger partial charge in [-0.25, -0.2) is 9.97 Å². The highest BCUT2D eigenvalue weighted by molar-refractivity contribution is 7.20. The summed E-state index contributed by atoms with van der Waals surface area (Å²) in [4.78, 5) is 16.6. The number of anilines is 1. The Balaban J connectivity index is 0.896. The van der Waals surface area contributed by atoms with E-state index < -0.39 is 0 Å². The molecule has 0 aliphatic carbocycles. The molecule has 0 bridgehead atoms. The monoisotopic (exact) mass is 1060 g/mol. The maximum atomic E-state index is 6.70. The number of hydrogen-bond donors (Lipinski definition) is 2. The number of nitrogens with zero attached hydrogens (tertiary/aromatic N) is 5. The fourth-order valence-electron chi connectivity index (χ4n) is 8.77. The molecule has 20 nitrogen and oxygen atoms in total. The van der Waals surface area contributed by atoms with Gasteiger partial charge in [-0.2, -0.15) is 0 Å². The highest BCUT2D eigenvalue weighted by atomic mass is 32.1. The zero-order chi connectivity index (χ0) is 51.2. The fraction of sp³-hybridized carbons (Fsp3) is 0.846. The number of imidazole rings is 1. The molecule has 2 aliphatic heterocycles. The molecule has 5 rings (SSSR count). The number of hydrogen-bond acceptors (Lipinski definition) is 20. The quantitative estimate of drug-likeness (QED) is 0.0757. The molecule has 420 valence electrons. The van der Waals surface area contributed by atoms with Crippen LogP contribution in [0.15, 0.2) is 6.07 Å². The third-order valence-electron chi connectivity index (χ3n) is 12.9. The molecule has 73 heavy (non-hydrogen) atoms. The lowest BCUT2D eigenvalue weighted by molar-refractivity contribution is -0.0234. The summed E-state index contributed by atoms with van der Waals surface area (Å²) < 4.78 is 75.7. The lowest BCUT2D eigenvalue weighted by Gasteiger charge is -2.32. The van der Waals surface area contributed by atoms with Gasteiger partial charge in [-0.05, 0) is 76.2 Å². The first-order valence-corrected chi connectivity index (χ1v) is 28.1. The van der Waals surface area contributed by atoms with Crippen LogP contribution in [0.2, 0.25) is 0 Å². The Kier molecular flexibility index (Phi) is 33.8. The van der Waals surface area contributed by atoms with E-state index in [0.717, 1.165) is 108 Å². The van der Waals surface area contributed by atoms with E-state index in [0.29, 0.717) is 189 Å². The molecule has 21 heteroatoms. The summed E-state index contributed by atoms with van der Waals surface area (Å²) >= 11 is 1.91. The summed E-state index contributed by atoms with van der Waals surface area (Å²) in [7, 11) is 1.66. The average Bonchev–Trinajstić information content (AvgIpc) is 4.00. The number of aryl methyl sites for hydroxylation is 1. The number of nitrogens with two attached hydrogens (primary N) is 2. The molecule has 0 radical (unpaired) electrons. The number of nitrogen functional groups attached to an aromatic ring is 1. The number of piperidine rings is 2. The summed E-state index contributed by atoms with van der Waals surface area (Å²) in [6.45, 7) is 23.9. The first-order valence-electron chi connectivity index (χ1n) is 27.3. The zero-order valence-electron chi connectivity index (χ0n) is 44.6. The van der Waals surface area contributed by atoms with Crippen LogP contribution in [0, 0.1) is 5.92 Å². The molecule has 0 amide bonds. The van der Waals surface area contributed by atoms with E-state index in [1.54, 1.807) is 7.11 Å². The Bertz CT molecular complexity index is 1800. The van der Waals surface area contributed by atoms with Gasteiger partial charge in [0.25, 0.3) is 0 Å². The Hall–Kier alpha value is -2.26. The van der Waals surface area contributed by atoms with Crippen LogP contribution in [0.25, 0.3) is 21.3 Å². The number of fused-ring (bicyclic) bond motifs is 3. The van der Waals surface area contributed by atoms with Crippen molar-refractivity contribution < 1.29 is 61.6 Å². The Morgan fingerprint density at radius 1 is 0.548 bits per heavy atom. The predicted octanol–water partition coefficient (Wildman–Crippen LogP) is 4.27. The van der Waals surface area contributed by atoms with Gasteiger partial charge in [-0.15, -0.1) is 11.3 Å². The molecular formula is C52H93N7O13S. The van der Waals surface area contributed by atoms with Gasteiger partial charge in [-0.1, -0.05) is 13.3 Å². The van der Waals surface area contributed by atoms with E-state index in [-0.39, 0.29) is 0 Å². The smallest absolute Gasteiger partial charge is 0.152 e. The van der Waals surface area contributed by atoms with Crippen LogP contribution >= 0.6 is 11.3 Å². The number of thiophene rings is 1. The maximum Gasteiger partial charge on any atom is 0.152 e. The van der Waals surface area contributed by atoms with E-state index in [1.165, 1.54) is 15.1 Å². The van der Waals surface area contributed by atoms with Crippen LogP contribution in [0.3, 0.4) is 0 Å². The van der Waals surface area contributed by atoms with Crippen LogP contribution in [-0.2, 0) is 74.5 Å². The Labute approximate surface area is 439 Å². The molecule has 5 heterocycles. The van der Waals surface area contributed by atoms with Gasteiger partial charge in [0, 0.05) is 44.6 Å². The molecule has 3 aromatic heterocycles. The third kappa shape index (κ3) is 25.2. The third-order valence-corrected chi connectivity index (χ3v) is 14.2. The minimum Gasteiger partial charge on any atom is -0.382 e. The van der Waals surface area contributed by atoms with Crippen molar-refractivity contribution in [2.75, 3.05) is 224 Å². The molecular weight excluding hydrogens is 963 g/mol. The van der Waals surface area contributed by atoms with E-state index in [9.17, 15) is 0 Å². The Morgan fingerprint density at radius 2 is 0.959 bits per heavy atom. The molecule has 4 N–H and O–H groups in total. The van der Waals surface area contributed by atoms with Gasteiger partial charge in [-0.3, -0.25) is 0 Å². The average molecular weight is 1060 g/mol. The number of pyridine rings is 1. The van der Waals surface area contributed by atoms with E-state index >= 15 is 0 Å². The molecule has 2 aliphatic rings. The van der Waals surface area contributed by atoms with Crippen molar-refractivity contribution in [3.8, 4) is 0 Å². The maximum absolute atomic E-state index is 6.70. The minimum absolute atomic E-state index is 0.513. The summed E-state index contributed by atoms with van der Waals surface area (Å²) in [5.41, 5.74) is 15.1. The largest absolute Gasteiger partial charge is 0.382 e. The predicted molar refractivity (Wildman–Crippen MR) is 284 cm³/mol. The normalized spacial score (nSPS) is 15.5. The summed E-state index contributed by atoms with van der Waals surface area (Å²) in [6.07, 6.45) is 7.72. The number of likely N-dealkylation sites (tertiary alicyclic amines) is 2. The van der Waals surface area contributed by atoms with Gasteiger partial charge < -0.3 is 87.4 Å². The van der Waals surface area contributed by atoms with E-state index in [1.807, 2.05) is 11.3 Å². The van der Waals surface area contributed by atoms with Gasteiger partial charge in [0.2, 0.25) is 0 Å². The summed E-state index contributed by atoms with van der Waals surface area (Å²) in [5, 5.41) is 0. The second-order valence-corrected chi connectivity index (χ2v) is 19.4. The summed E-state index contributed by atoms with van der Waals surface area (Å²) in [6, 6.07) is 2.31. The number of rotatable bonds is 47. The van der Waals surface area contributed by atoms with E-state index in [4.69, 9.17) is 83.0 Å². The van der Waals surface area contributed by atoms with Crippen molar-refractivity contribution in [2.45, 2.75) is 64.3 Å². The van der Waals surface area contributed by atoms with Crippen molar-refractivity contribution in [3.63, 3.8) is 0 Å². The van der Waals surface area contributed by atoms with Gasteiger partial charge in [0.1, 0.15) is 11.3 Å². The first kappa shape index (κ1) is 61.6. The first-order chi connectivity index (χ1) is 36.1. The van der Waals surface area contributed by atoms with Gasteiger partial charge >= 0.3 is 0 Å². The molecule has 0 aromatic carbocycles. The van der Waals surface area contributed by atoms with Crippen LogP contribution in [0.4, 0.5) is 5.82 Å². The highest BCUT2D eigenvalue weighted by Gasteiger charge is 2.27. The topological polar surface area (TPSA) is 209 Å². The molecule has 0 unspecified atom stereocenters. The standard InChI is InChI=1S/C52H93N7O13S/c1-3-4-5-48-56-49-50(51-46(55-52(49)54)42-47(73-51)45-8-13-58(14-9-45)16-19-63-24-27-67-31-34-68-29-28-64-21-20-60-2)59(48)43-44-6-11-57(12-7-44)15-18-62-23-26-66-32-35-70-37-39-72-41-40-71-38-36-69-33-30-65-25-22-61-17-10-53/h42,44-45H,3-41,43,53H2,1-2H3,(H2,54,55). The van der Waals surface area contributed by atoms with Crippen LogP contribution in [0.5, 0.6) is 0 Å². The molecule has 0 saturated carbocycles. The number of unbranched alkanes of at least 4 members (excludes halogenated alkanes) is 1. The lowest BCUT2D eigenvalue weighted by atomic mass is 9.95. The van der Waals surface area contributed by atoms with Crippen molar-refractivity contribution in [2.24, 2.45) is 11.7 Å². The SMILES string of the molecule is CCCCc1nc2c(N)nc3cc(C4CCN(CCOCCOCCOCCOCCOC)CC4)sc3c2n1CC1CCN(CCOCCOCCOCCOCCOCCOCCOCCOCCN)CC1. The van der Waals surface area contributed by atoms with Crippen molar-refractivity contribution in [3.05, 3.63) is 16.8 Å². The number of methoxy groups -OCH3 is 1. The van der Waals surface area contributed by atoms with Crippen LogP contribution < -0.4 is 11.5 Å². The van der Waals surface area contributed by atoms with Crippen molar-refractivity contribution in [1.82, 2.24) is 24.3 Å². The number of aromatic nitrogens is 3. The molecule has 2 saturated heterocycles. The van der Waals surface area contributed by atoms with Gasteiger partial charge in [0.05, 0.1) is 181 Å². The minimum atomic E-state index is 0.513. The van der Waals surface area contributed by atoms with Crippen LogP contribution in [0.1, 0.15) is 62.1 Å². The lowest BCUT2D eigenvalue weighted by Crippen LogP contribution is -2.37. The second kappa shape index (κ2) is 40.0. The molecule has 2 fully saturated rings. The van der Waals surface area contributed by atoms with Gasteiger partial charge in [0.15, 0.2) is 5.82 Å². The zero-order valence-corrected chi connectivity index (χ0v) is 45.4. The Morgan fingerprint density at radius 3 is 1.38 bits per heavy atom. The second-order valence-electron chi connectivity index (χ2n) is 18.3. The van der Waals surface area contributed by atoms with Crippen LogP contribution in [-0.4, -0.2) is 242 Å². The van der Waals surface area contributed by atoms with E-state index in [2.05, 4.69) is 27.4 Å². The summed E-state index contributed by atoms with van der Waals surface area (Å²) in [5.74, 6) is 2.78. The molecule has 0 spiro atoms. The number of ether oxygens (including phenoxy) is 13. The van der Waals surface area contributed by atoms with Crippen molar-refractivity contribution >= 4 is 38.4 Å². The molecule has 3 aromatic rings. The highest BCUT2D eigenvalue weighted by Crippen LogP contribution is 2.41.